The third kappa shape index (κ3) is 4.29. The maximum atomic E-state index is 11.8. The average molecular weight is 246 g/mol. The van der Waals surface area contributed by atoms with Gasteiger partial charge in [0.15, 0.2) is 0 Å². The van der Waals surface area contributed by atoms with Crippen LogP contribution in [-0.4, -0.2) is 20.4 Å². The molecule has 15 heavy (non-hydrogen) atoms. The van der Waals surface area contributed by atoms with Gasteiger partial charge in [-0.15, -0.1) is 0 Å². The van der Waals surface area contributed by atoms with Gasteiger partial charge in [0.05, 0.1) is 13.7 Å². The summed E-state index contributed by atoms with van der Waals surface area (Å²) in [5.41, 5.74) is 0. The van der Waals surface area contributed by atoms with Gasteiger partial charge in [-0.05, 0) is 42.6 Å². The monoisotopic (exact) mass is 246 g/mol. The number of ether oxygens (including phenoxy) is 1. The Hall–Kier alpha value is -0.440. The standard InChI is InChI=1S/C10H15O3PS/c1-4-13-14(3,11)15-10-7-5-9(12-2)6-8-10/h5-8H,4H2,1-3H3. The molecule has 3 nitrogen and oxygen atoms in total. The predicted molar refractivity (Wildman–Crippen MR) is 64.0 cm³/mol. The molecule has 1 rings (SSSR count). The van der Waals surface area contributed by atoms with Crippen LogP contribution in [0.4, 0.5) is 0 Å². The van der Waals surface area contributed by atoms with E-state index < -0.39 is 6.57 Å². The van der Waals surface area contributed by atoms with Gasteiger partial charge < -0.3 is 9.26 Å². The Labute approximate surface area is 94.4 Å². The molecule has 0 aromatic heterocycles. The summed E-state index contributed by atoms with van der Waals surface area (Å²) in [5.74, 6) is 0.793. The third-order valence-electron chi connectivity index (χ3n) is 1.69. The predicted octanol–water partition coefficient (Wildman–Crippen LogP) is 3.65. The summed E-state index contributed by atoms with van der Waals surface area (Å²) in [6.07, 6.45) is 0. The number of methoxy groups -OCH3 is 1. The summed E-state index contributed by atoms with van der Waals surface area (Å²) in [7, 11) is 1.62. The molecule has 0 saturated heterocycles. The normalized spacial score (nSPS) is 14.6. The first-order valence-corrected chi connectivity index (χ1v) is 8.12. The first-order valence-electron chi connectivity index (χ1n) is 4.63. The molecule has 0 bridgehead atoms. The Morgan fingerprint density at radius 2 is 1.93 bits per heavy atom. The molecule has 0 spiro atoms. The molecule has 84 valence electrons. The Bertz CT molecular complexity index is 350. The largest absolute Gasteiger partial charge is 0.497 e. The van der Waals surface area contributed by atoms with Crippen LogP contribution in [0.1, 0.15) is 6.92 Å². The molecule has 0 radical (unpaired) electrons. The van der Waals surface area contributed by atoms with Crippen molar-refractivity contribution in [1.29, 1.82) is 0 Å². The lowest BCUT2D eigenvalue weighted by Gasteiger charge is -2.11. The fourth-order valence-electron chi connectivity index (χ4n) is 1.09. The zero-order valence-corrected chi connectivity index (χ0v) is 10.8. The highest BCUT2D eigenvalue weighted by Gasteiger charge is 2.16. The second kappa shape index (κ2) is 5.59. The van der Waals surface area contributed by atoms with Crippen molar-refractivity contribution in [2.45, 2.75) is 11.8 Å². The molecule has 0 heterocycles. The van der Waals surface area contributed by atoms with E-state index in [9.17, 15) is 4.57 Å². The van der Waals surface area contributed by atoms with Crippen molar-refractivity contribution >= 4 is 18.0 Å². The van der Waals surface area contributed by atoms with E-state index in [2.05, 4.69) is 0 Å². The van der Waals surface area contributed by atoms with Gasteiger partial charge in [-0.3, -0.25) is 4.57 Å². The van der Waals surface area contributed by atoms with Crippen LogP contribution in [0.15, 0.2) is 29.2 Å². The van der Waals surface area contributed by atoms with E-state index in [1.807, 2.05) is 31.2 Å². The second-order valence-corrected chi connectivity index (χ2v) is 7.95. The quantitative estimate of drug-likeness (QED) is 0.743. The lowest BCUT2D eigenvalue weighted by atomic mass is 10.3. The molecule has 0 aliphatic heterocycles. The highest BCUT2D eigenvalue weighted by atomic mass is 32.7. The van der Waals surface area contributed by atoms with Crippen LogP contribution in [0.2, 0.25) is 0 Å². The maximum Gasteiger partial charge on any atom is 0.259 e. The summed E-state index contributed by atoms with van der Waals surface area (Å²) in [6.45, 7) is 1.38. The van der Waals surface area contributed by atoms with Crippen molar-refractivity contribution in [3.8, 4) is 5.75 Å². The summed E-state index contributed by atoms with van der Waals surface area (Å²) in [6, 6.07) is 7.43. The third-order valence-corrected chi connectivity index (χ3v) is 5.18. The second-order valence-electron chi connectivity index (χ2n) is 2.96. The Morgan fingerprint density at radius 3 is 2.40 bits per heavy atom. The van der Waals surface area contributed by atoms with Gasteiger partial charge in [0.25, 0.3) is 6.57 Å². The van der Waals surface area contributed by atoms with E-state index in [0.29, 0.717) is 6.61 Å². The van der Waals surface area contributed by atoms with E-state index >= 15 is 0 Å². The molecule has 0 aliphatic rings. The van der Waals surface area contributed by atoms with Gasteiger partial charge in [0.1, 0.15) is 5.75 Å². The van der Waals surface area contributed by atoms with Crippen LogP contribution in [-0.2, 0) is 9.09 Å². The van der Waals surface area contributed by atoms with Gasteiger partial charge in [-0.25, -0.2) is 0 Å². The van der Waals surface area contributed by atoms with Crippen molar-refractivity contribution in [2.24, 2.45) is 0 Å². The highest BCUT2D eigenvalue weighted by Crippen LogP contribution is 2.59. The van der Waals surface area contributed by atoms with Crippen molar-refractivity contribution < 1.29 is 13.8 Å². The molecule has 0 fully saturated rings. The lowest BCUT2D eigenvalue weighted by molar-refractivity contribution is 0.350. The minimum absolute atomic E-state index is 0.469. The van der Waals surface area contributed by atoms with Crippen molar-refractivity contribution in [3.63, 3.8) is 0 Å². The molecule has 0 N–H and O–H groups in total. The number of rotatable bonds is 5. The van der Waals surface area contributed by atoms with Crippen molar-refractivity contribution in [2.75, 3.05) is 20.4 Å². The zero-order valence-electron chi connectivity index (χ0n) is 9.10. The van der Waals surface area contributed by atoms with Gasteiger partial charge in [-0.1, -0.05) is 0 Å². The van der Waals surface area contributed by atoms with Crippen LogP contribution in [0.25, 0.3) is 0 Å². The Balaban J connectivity index is 2.68. The van der Waals surface area contributed by atoms with Crippen molar-refractivity contribution in [3.05, 3.63) is 24.3 Å². The van der Waals surface area contributed by atoms with Crippen LogP contribution >= 0.6 is 18.0 Å². The van der Waals surface area contributed by atoms with Crippen LogP contribution in [0.5, 0.6) is 5.75 Å². The molecular weight excluding hydrogens is 231 g/mol. The fraction of sp³-hybridized carbons (Fsp3) is 0.400. The molecule has 0 saturated carbocycles. The van der Waals surface area contributed by atoms with E-state index in [-0.39, 0.29) is 0 Å². The molecule has 5 heteroatoms. The first-order chi connectivity index (χ1) is 7.07. The number of benzene rings is 1. The zero-order chi connectivity index (χ0) is 11.3. The molecule has 1 aromatic carbocycles. The number of hydrogen-bond donors (Lipinski definition) is 0. The topological polar surface area (TPSA) is 35.5 Å². The average Bonchev–Trinajstić information content (AvgIpc) is 2.18. The van der Waals surface area contributed by atoms with E-state index in [4.69, 9.17) is 9.26 Å². The van der Waals surface area contributed by atoms with E-state index in [0.717, 1.165) is 10.6 Å². The van der Waals surface area contributed by atoms with E-state index in [1.165, 1.54) is 11.4 Å². The Kier molecular flexibility index (Phi) is 4.71. The SMILES string of the molecule is CCOP(C)(=O)Sc1ccc(OC)cc1. The first kappa shape index (κ1) is 12.6. The fourth-order valence-corrected chi connectivity index (χ4v) is 4.24. The number of hydrogen-bond acceptors (Lipinski definition) is 4. The Morgan fingerprint density at radius 1 is 1.33 bits per heavy atom. The van der Waals surface area contributed by atoms with Gasteiger partial charge >= 0.3 is 0 Å². The van der Waals surface area contributed by atoms with Crippen LogP contribution in [0, 0.1) is 0 Å². The molecule has 0 amide bonds. The molecular formula is C10H15O3PS. The molecule has 1 unspecified atom stereocenters. The highest BCUT2D eigenvalue weighted by molar-refractivity contribution is 8.56. The summed E-state index contributed by atoms with van der Waals surface area (Å²) < 4.78 is 22.1. The smallest absolute Gasteiger partial charge is 0.259 e. The minimum atomic E-state index is -2.56. The van der Waals surface area contributed by atoms with Crippen LogP contribution in [0.3, 0.4) is 0 Å². The summed E-state index contributed by atoms with van der Waals surface area (Å²) in [5, 5.41) is 0. The molecule has 0 aliphatic carbocycles. The van der Waals surface area contributed by atoms with Crippen LogP contribution < -0.4 is 4.74 Å². The van der Waals surface area contributed by atoms with Gasteiger partial charge in [0, 0.05) is 11.6 Å². The van der Waals surface area contributed by atoms with Gasteiger partial charge in [-0.2, -0.15) is 0 Å². The van der Waals surface area contributed by atoms with Gasteiger partial charge in [0.2, 0.25) is 0 Å². The molecule has 1 aromatic rings. The molecule has 1 atom stereocenters. The summed E-state index contributed by atoms with van der Waals surface area (Å²) >= 11 is 1.27. The lowest BCUT2D eigenvalue weighted by Crippen LogP contribution is -1.84. The van der Waals surface area contributed by atoms with Crippen molar-refractivity contribution in [1.82, 2.24) is 0 Å². The maximum absolute atomic E-state index is 11.8. The minimum Gasteiger partial charge on any atom is -0.497 e. The summed E-state index contributed by atoms with van der Waals surface area (Å²) in [4.78, 5) is 0.926. The van der Waals surface area contributed by atoms with E-state index in [1.54, 1.807) is 13.8 Å².